The number of benzene rings is 2. The fourth-order valence-corrected chi connectivity index (χ4v) is 5.03. The summed E-state index contributed by atoms with van der Waals surface area (Å²) in [4.78, 5) is 31.5. The maximum absolute atomic E-state index is 12.8. The Bertz CT molecular complexity index is 1160. The lowest BCUT2D eigenvalue weighted by Gasteiger charge is -2.38. The molecule has 2 amide bonds. The minimum atomic E-state index is -0.145. The summed E-state index contributed by atoms with van der Waals surface area (Å²) in [6, 6.07) is 16.2. The number of nitrogens with zero attached hydrogens (tertiary/aromatic N) is 2. The number of amides is 2. The summed E-state index contributed by atoms with van der Waals surface area (Å²) in [6.45, 7) is 7.82. The zero-order valence-electron chi connectivity index (χ0n) is 20.6. The van der Waals surface area contributed by atoms with Crippen molar-refractivity contribution >= 4 is 23.2 Å². The van der Waals surface area contributed by atoms with E-state index >= 15 is 0 Å². The predicted molar refractivity (Wildman–Crippen MR) is 139 cm³/mol. The van der Waals surface area contributed by atoms with Gasteiger partial charge in [0.05, 0.1) is 6.04 Å². The highest BCUT2D eigenvalue weighted by Crippen LogP contribution is 2.37. The molecule has 0 fully saturated rings. The van der Waals surface area contributed by atoms with Gasteiger partial charge in [-0.15, -0.1) is 11.3 Å². The van der Waals surface area contributed by atoms with Crippen molar-refractivity contribution < 1.29 is 14.3 Å². The number of ether oxygens (including phenoxy) is 1. The van der Waals surface area contributed by atoms with Gasteiger partial charge in [-0.05, 0) is 47.6 Å². The lowest BCUT2D eigenvalue weighted by Crippen LogP contribution is -2.40. The number of rotatable bonds is 9. The zero-order valence-corrected chi connectivity index (χ0v) is 21.4. The monoisotopic (exact) mass is 491 g/mol. The Morgan fingerprint density at radius 3 is 2.74 bits per heavy atom. The van der Waals surface area contributed by atoms with Crippen LogP contribution in [-0.4, -0.2) is 34.8 Å². The first kappa shape index (κ1) is 24.9. The summed E-state index contributed by atoms with van der Waals surface area (Å²) < 4.78 is 6.08. The Kier molecular flexibility index (Phi) is 8.18. The van der Waals surface area contributed by atoms with E-state index < -0.39 is 0 Å². The van der Waals surface area contributed by atoms with Crippen LogP contribution in [0.5, 0.6) is 5.75 Å². The van der Waals surface area contributed by atoms with Gasteiger partial charge >= 0.3 is 0 Å². The molecule has 0 aliphatic carbocycles. The van der Waals surface area contributed by atoms with Gasteiger partial charge < -0.3 is 15.0 Å². The van der Waals surface area contributed by atoms with Gasteiger partial charge in [-0.1, -0.05) is 57.2 Å². The molecule has 0 spiro atoms. The molecule has 1 atom stereocenters. The van der Waals surface area contributed by atoms with Crippen LogP contribution >= 0.6 is 11.3 Å². The fourth-order valence-electron chi connectivity index (χ4n) is 4.34. The van der Waals surface area contributed by atoms with Crippen molar-refractivity contribution in [3.8, 4) is 5.75 Å². The molecule has 3 aromatic rings. The van der Waals surface area contributed by atoms with Crippen LogP contribution < -0.4 is 10.1 Å². The molecule has 2 aromatic carbocycles. The van der Waals surface area contributed by atoms with Crippen LogP contribution in [0, 0.1) is 5.92 Å². The van der Waals surface area contributed by atoms with E-state index in [0.717, 1.165) is 34.7 Å². The number of thiazole rings is 1. The lowest BCUT2D eigenvalue weighted by molar-refractivity contribution is -0.132. The molecule has 184 valence electrons. The van der Waals surface area contributed by atoms with Gasteiger partial charge in [-0.2, -0.15) is 0 Å². The Hall–Kier alpha value is -3.19. The summed E-state index contributed by atoms with van der Waals surface area (Å²) in [5.74, 6) is 1.28. The van der Waals surface area contributed by atoms with Crippen LogP contribution in [0.25, 0.3) is 0 Å². The number of carbonyl (C=O) groups excluding carboxylic acids is 2. The van der Waals surface area contributed by atoms with Crippen LogP contribution in [0.3, 0.4) is 0 Å². The van der Waals surface area contributed by atoms with Crippen molar-refractivity contribution in [2.75, 3.05) is 13.1 Å². The number of nitrogens with one attached hydrogen (secondary N) is 1. The highest BCUT2D eigenvalue weighted by Gasteiger charge is 2.31. The van der Waals surface area contributed by atoms with Gasteiger partial charge in [0.1, 0.15) is 23.1 Å². The topological polar surface area (TPSA) is 71.5 Å². The molecule has 1 aliphatic heterocycles. The van der Waals surface area contributed by atoms with Crippen molar-refractivity contribution in [3.63, 3.8) is 0 Å². The molecule has 1 aliphatic rings. The molecule has 0 saturated carbocycles. The average molecular weight is 492 g/mol. The van der Waals surface area contributed by atoms with E-state index in [1.54, 1.807) is 5.38 Å². The van der Waals surface area contributed by atoms with Crippen LogP contribution in [0.15, 0.2) is 53.9 Å². The normalized spacial score (nSPS) is 15.1. The molecule has 1 unspecified atom stereocenters. The molecular formula is C28H33N3O3S. The molecule has 4 rings (SSSR count). The number of hydrogen-bond donors (Lipinski definition) is 1. The number of hydrogen-bond acceptors (Lipinski definition) is 5. The van der Waals surface area contributed by atoms with Crippen molar-refractivity contribution in [1.82, 2.24) is 15.2 Å². The van der Waals surface area contributed by atoms with E-state index in [1.165, 1.54) is 16.9 Å². The molecule has 2 heterocycles. The minimum absolute atomic E-state index is 0.128. The third-order valence-electron chi connectivity index (χ3n) is 6.24. The smallest absolute Gasteiger partial charge is 0.270 e. The molecule has 0 saturated heterocycles. The second kappa shape index (κ2) is 11.5. The third-order valence-corrected chi connectivity index (χ3v) is 7.06. The Morgan fingerprint density at radius 1 is 1.20 bits per heavy atom. The lowest BCUT2D eigenvalue weighted by atomic mass is 9.87. The first-order valence-electron chi connectivity index (χ1n) is 12.3. The van der Waals surface area contributed by atoms with E-state index in [4.69, 9.17) is 4.74 Å². The Morgan fingerprint density at radius 2 is 2.00 bits per heavy atom. The summed E-state index contributed by atoms with van der Waals surface area (Å²) in [5, 5.41) is 5.45. The van der Waals surface area contributed by atoms with Gasteiger partial charge in [0.15, 0.2) is 0 Å². The van der Waals surface area contributed by atoms with Crippen LogP contribution in [-0.2, 0) is 17.8 Å². The highest BCUT2D eigenvalue weighted by atomic mass is 32.1. The highest BCUT2D eigenvalue weighted by molar-refractivity contribution is 7.09. The SMILES string of the molecule is CCC(=O)N1CCc2ccc(OCc3nc(C(=O)NCCC(C)C)cs3)cc2C1c1ccccc1. The second-order valence-electron chi connectivity index (χ2n) is 9.22. The van der Waals surface area contributed by atoms with Gasteiger partial charge in [0, 0.05) is 24.9 Å². The van der Waals surface area contributed by atoms with E-state index in [0.29, 0.717) is 31.1 Å². The van der Waals surface area contributed by atoms with Crippen molar-refractivity contribution in [2.45, 2.75) is 52.7 Å². The van der Waals surface area contributed by atoms with Gasteiger partial charge in [0.25, 0.3) is 5.91 Å². The summed E-state index contributed by atoms with van der Waals surface area (Å²) >= 11 is 1.42. The molecule has 1 N–H and O–H groups in total. The van der Waals surface area contributed by atoms with Crippen LogP contribution in [0.4, 0.5) is 0 Å². The molecule has 0 bridgehead atoms. The van der Waals surface area contributed by atoms with Gasteiger partial charge in [0.2, 0.25) is 5.91 Å². The molecule has 1 aromatic heterocycles. The maximum Gasteiger partial charge on any atom is 0.270 e. The number of carbonyl (C=O) groups is 2. The number of aromatic nitrogens is 1. The average Bonchev–Trinajstić information content (AvgIpc) is 3.35. The minimum Gasteiger partial charge on any atom is -0.486 e. The van der Waals surface area contributed by atoms with E-state index in [2.05, 4.69) is 48.4 Å². The first-order valence-corrected chi connectivity index (χ1v) is 13.2. The first-order chi connectivity index (χ1) is 17.0. The summed E-state index contributed by atoms with van der Waals surface area (Å²) in [6.07, 6.45) is 2.24. The van der Waals surface area contributed by atoms with Crippen molar-refractivity contribution in [3.05, 3.63) is 81.3 Å². The quantitative estimate of drug-likeness (QED) is 0.436. The van der Waals surface area contributed by atoms with Gasteiger partial charge in [-0.25, -0.2) is 4.98 Å². The van der Waals surface area contributed by atoms with E-state index in [-0.39, 0.29) is 24.5 Å². The molecule has 0 radical (unpaired) electrons. The molecule has 6 nitrogen and oxygen atoms in total. The zero-order chi connectivity index (χ0) is 24.8. The summed E-state index contributed by atoms with van der Waals surface area (Å²) in [7, 11) is 0. The molecule has 7 heteroatoms. The molecule has 35 heavy (non-hydrogen) atoms. The molecular weight excluding hydrogens is 458 g/mol. The van der Waals surface area contributed by atoms with Crippen LogP contribution in [0.2, 0.25) is 0 Å². The standard InChI is InChI=1S/C28H33N3O3S/c1-4-26(32)31-15-13-20-10-11-22(16-23(20)27(31)21-8-6-5-7-9-21)34-17-25-30-24(18-35-25)28(33)29-14-12-19(2)3/h5-11,16,18-19,27H,4,12-15,17H2,1-3H3,(H,29,33). The fraction of sp³-hybridized carbons (Fsp3) is 0.393. The van der Waals surface area contributed by atoms with Crippen molar-refractivity contribution in [1.29, 1.82) is 0 Å². The Labute approximate surface area is 211 Å². The maximum atomic E-state index is 12.8. The predicted octanol–water partition coefficient (Wildman–Crippen LogP) is 5.38. The van der Waals surface area contributed by atoms with Crippen LogP contribution in [0.1, 0.15) is 71.8 Å². The summed E-state index contributed by atoms with van der Waals surface area (Å²) in [5.41, 5.74) is 3.87. The number of fused-ring (bicyclic) bond motifs is 1. The third kappa shape index (κ3) is 6.09. The van der Waals surface area contributed by atoms with Crippen molar-refractivity contribution in [2.24, 2.45) is 5.92 Å². The van der Waals surface area contributed by atoms with Gasteiger partial charge in [-0.3, -0.25) is 9.59 Å². The van der Waals surface area contributed by atoms with E-state index in [9.17, 15) is 9.59 Å². The second-order valence-corrected chi connectivity index (χ2v) is 10.2. The Balaban J connectivity index is 1.48. The largest absolute Gasteiger partial charge is 0.486 e. The van der Waals surface area contributed by atoms with E-state index in [1.807, 2.05) is 36.1 Å².